The highest BCUT2D eigenvalue weighted by Crippen LogP contribution is 2.34. The minimum atomic E-state index is -0.773. The summed E-state index contributed by atoms with van der Waals surface area (Å²) in [6.45, 7) is 1.37. The zero-order chi connectivity index (χ0) is 26.2. The van der Waals surface area contributed by atoms with E-state index in [0.29, 0.717) is 19.8 Å². The Balaban J connectivity index is 1.40. The SMILES string of the molecule is Nc1ccn([C@H]2O[C@H](COCc3ccccc3)[C@@H](OCc3ccccc3)[C@H]2OCc2ccccc2)c(=O)n1. The molecule has 1 saturated heterocycles. The molecule has 0 spiro atoms. The summed E-state index contributed by atoms with van der Waals surface area (Å²) in [5.74, 6) is 0.144. The Morgan fingerprint density at radius 3 is 1.82 bits per heavy atom. The Labute approximate surface area is 221 Å². The highest BCUT2D eigenvalue weighted by atomic mass is 16.6. The van der Waals surface area contributed by atoms with Crippen molar-refractivity contribution in [1.82, 2.24) is 9.55 Å². The van der Waals surface area contributed by atoms with Crippen molar-refractivity contribution in [1.29, 1.82) is 0 Å². The largest absolute Gasteiger partial charge is 0.383 e. The van der Waals surface area contributed by atoms with Crippen LogP contribution in [0.15, 0.2) is 108 Å². The summed E-state index contributed by atoms with van der Waals surface area (Å²) in [5.41, 5.74) is 8.30. The quantitative estimate of drug-likeness (QED) is 0.322. The van der Waals surface area contributed by atoms with Crippen LogP contribution >= 0.6 is 0 Å². The fourth-order valence-corrected chi connectivity index (χ4v) is 4.47. The third-order valence-electron chi connectivity index (χ3n) is 6.38. The molecule has 5 rings (SSSR count). The van der Waals surface area contributed by atoms with Gasteiger partial charge in [0.05, 0.1) is 26.4 Å². The molecule has 1 fully saturated rings. The van der Waals surface area contributed by atoms with Crippen LogP contribution in [0.2, 0.25) is 0 Å². The molecule has 196 valence electrons. The molecule has 2 heterocycles. The predicted molar refractivity (Wildman–Crippen MR) is 143 cm³/mol. The average Bonchev–Trinajstić information content (AvgIpc) is 3.29. The van der Waals surface area contributed by atoms with Crippen molar-refractivity contribution in [2.75, 3.05) is 12.3 Å². The third kappa shape index (κ3) is 6.54. The number of nitrogens with two attached hydrogens (primary N) is 1. The zero-order valence-corrected chi connectivity index (χ0v) is 21.0. The molecule has 4 aromatic rings. The van der Waals surface area contributed by atoms with Gasteiger partial charge in [-0.25, -0.2) is 4.79 Å². The first-order valence-corrected chi connectivity index (χ1v) is 12.6. The second kappa shape index (κ2) is 12.6. The van der Waals surface area contributed by atoms with Gasteiger partial charge < -0.3 is 24.7 Å². The molecule has 0 radical (unpaired) electrons. The number of ether oxygens (including phenoxy) is 4. The summed E-state index contributed by atoms with van der Waals surface area (Å²) in [6.07, 6.45) is -0.796. The van der Waals surface area contributed by atoms with Gasteiger partial charge in [0.25, 0.3) is 0 Å². The van der Waals surface area contributed by atoms with Crippen molar-refractivity contribution in [2.24, 2.45) is 0 Å². The van der Waals surface area contributed by atoms with Gasteiger partial charge in [0.15, 0.2) is 6.23 Å². The number of hydrogen-bond donors (Lipinski definition) is 1. The summed E-state index contributed by atoms with van der Waals surface area (Å²) >= 11 is 0. The lowest BCUT2D eigenvalue weighted by Gasteiger charge is -2.25. The van der Waals surface area contributed by atoms with E-state index in [-0.39, 0.29) is 12.4 Å². The number of anilines is 1. The van der Waals surface area contributed by atoms with Gasteiger partial charge in [0.1, 0.15) is 24.1 Å². The molecule has 3 aromatic carbocycles. The molecule has 1 aliphatic heterocycles. The van der Waals surface area contributed by atoms with Crippen molar-refractivity contribution >= 4 is 5.82 Å². The highest BCUT2D eigenvalue weighted by molar-refractivity contribution is 5.24. The minimum absolute atomic E-state index is 0.144. The molecule has 1 aromatic heterocycles. The van der Waals surface area contributed by atoms with Crippen LogP contribution in [0, 0.1) is 0 Å². The normalized spacial score (nSPS) is 20.9. The number of hydrogen-bond acceptors (Lipinski definition) is 7. The number of aromatic nitrogens is 2. The molecule has 8 nitrogen and oxygen atoms in total. The number of benzene rings is 3. The van der Waals surface area contributed by atoms with Crippen LogP contribution in [0.3, 0.4) is 0 Å². The predicted octanol–water partition coefficient (Wildman–Crippen LogP) is 4.11. The van der Waals surface area contributed by atoms with Crippen LogP contribution in [0.5, 0.6) is 0 Å². The monoisotopic (exact) mass is 513 g/mol. The van der Waals surface area contributed by atoms with E-state index in [1.807, 2.05) is 91.0 Å². The Bertz CT molecular complexity index is 1330. The number of rotatable bonds is 11. The second-order valence-electron chi connectivity index (χ2n) is 9.13. The van der Waals surface area contributed by atoms with Crippen molar-refractivity contribution in [2.45, 2.75) is 44.4 Å². The molecular formula is C30H31N3O5. The van der Waals surface area contributed by atoms with E-state index in [2.05, 4.69) is 4.98 Å². The molecule has 0 aliphatic carbocycles. The minimum Gasteiger partial charge on any atom is -0.383 e. The van der Waals surface area contributed by atoms with Crippen LogP contribution in [0.25, 0.3) is 0 Å². The first kappa shape index (κ1) is 25.8. The Kier molecular flexibility index (Phi) is 8.57. The molecule has 0 saturated carbocycles. The number of nitrogen functional groups attached to an aromatic ring is 1. The molecule has 0 bridgehead atoms. The summed E-state index contributed by atoms with van der Waals surface area (Å²) < 4.78 is 26.7. The molecule has 2 N–H and O–H groups in total. The zero-order valence-electron chi connectivity index (χ0n) is 21.0. The lowest BCUT2D eigenvalue weighted by molar-refractivity contribution is -0.0921. The summed E-state index contributed by atoms with van der Waals surface area (Å²) in [6, 6.07) is 31.2. The van der Waals surface area contributed by atoms with Gasteiger partial charge in [-0.15, -0.1) is 0 Å². The smallest absolute Gasteiger partial charge is 0.351 e. The lowest BCUT2D eigenvalue weighted by atomic mass is 10.1. The van der Waals surface area contributed by atoms with Crippen LogP contribution in [0.1, 0.15) is 22.9 Å². The van der Waals surface area contributed by atoms with Crippen molar-refractivity contribution in [3.8, 4) is 0 Å². The van der Waals surface area contributed by atoms with Gasteiger partial charge in [0.2, 0.25) is 0 Å². The maximum absolute atomic E-state index is 12.8. The number of nitrogens with zero attached hydrogens (tertiary/aromatic N) is 2. The summed E-state index contributed by atoms with van der Waals surface area (Å²) in [4.78, 5) is 16.7. The van der Waals surface area contributed by atoms with Crippen LogP contribution in [-0.4, -0.2) is 34.5 Å². The average molecular weight is 514 g/mol. The van der Waals surface area contributed by atoms with Gasteiger partial charge in [-0.3, -0.25) is 4.57 Å². The first-order valence-electron chi connectivity index (χ1n) is 12.6. The summed E-state index contributed by atoms with van der Waals surface area (Å²) in [7, 11) is 0. The lowest BCUT2D eigenvalue weighted by Crippen LogP contribution is -2.40. The van der Waals surface area contributed by atoms with Crippen LogP contribution < -0.4 is 11.4 Å². The van der Waals surface area contributed by atoms with E-state index in [1.54, 1.807) is 12.3 Å². The molecule has 1 aliphatic rings. The molecule has 8 heteroatoms. The van der Waals surface area contributed by atoms with E-state index in [1.165, 1.54) is 4.57 Å². The van der Waals surface area contributed by atoms with Crippen molar-refractivity contribution in [3.05, 3.63) is 130 Å². The van der Waals surface area contributed by atoms with Crippen LogP contribution in [0.4, 0.5) is 5.82 Å². The summed E-state index contributed by atoms with van der Waals surface area (Å²) in [5, 5.41) is 0. The van der Waals surface area contributed by atoms with Gasteiger partial charge in [-0.2, -0.15) is 4.98 Å². The van der Waals surface area contributed by atoms with Crippen molar-refractivity contribution < 1.29 is 18.9 Å². The molecule has 0 amide bonds. The second-order valence-corrected chi connectivity index (χ2v) is 9.13. The Morgan fingerprint density at radius 2 is 1.26 bits per heavy atom. The Hall–Kier alpha value is -3.82. The van der Waals surface area contributed by atoms with E-state index in [4.69, 9.17) is 24.7 Å². The Morgan fingerprint density at radius 1 is 0.737 bits per heavy atom. The first-order chi connectivity index (χ1) is 18.7. The van der Waals surface area contributed by atoms with Gasteiger partial charge >= 0.3 is 5.69 Å². The topological polar surface area (TPSA) is 97.8 Å². The van der Waals surface area contributed by atoms with Gasteiger partial charge in [-0.05, 0) is 22.8 Å². The van der Waals surface area contributed by atoms with Gasteiger partial charge in [0, 0.05) is 6.20 Å². The van der Waals surface area contributed by atoms with E-state index in [9.17, 15) is 4.79 Å². The van der Waals surface area contributed by atoms with E-state index >= 15 is 0 Å². The molecule has 4 atom stereocenters. The van der Waals surface area contributed by atoms with Crippen LogP contribution in [-0.2, 0) is 38.8 Å². The van der Waals surface area contributed by atoms with Crippen molar-refractivity contribution in [3.63, 3.8) is 0 Å². The highest BCUT2D eigenvalue weighted by Gasteiger charge is 2.48. The maximum Gasteiger partial charge on any atom is 0.351 e. The molecule has 0 unspecified atom stereocenters. The standard InChI is InChI=1S/C30H31N3O5/c31-26-16-17-33(30(34)32-26)29-28(37-20-24-14-8-3-9-15-24)27(36-19-23-12-6-2-7-13-23)25(38-29)21-35-18-22-10-4-1-5-11-22/h1-17,25,27-29H,18-21H2,(H2,31,32,34)/t25-,27-,28-,29+/m1/s1. The molecule has 38 heavy (non-hydrogen) atoms. The fraction of sp³-hybridized carbons (Fsp3) is 0.267. The fourth-order valence-electron chi connectivity index (χ4n) is 4.47. The maximum atomic E-state index is 12.8. The third-order valence-corrected chi connectivity index (χ3v) is 6.38. The van der Waals surface area contributed by atoms with E-state index in [0.717, 1.165) is 16.7 Å². The van der Waals surface area contributed by atoms with E-state index < -0.39 is 30.2 Å². The van der Waals surface area contributed by atoms with Gasteiger partial charge in [-0.1, -0.05) is 91.0 Å². The molecular weight excluding hydrogens is 482 g/mol.